The van der Waals surface area contributed by atoms with Crippen molar-refractivity contribution in [1.29, 1.82) is 0 Å². The summed E-state index contributed by atoms with van der Waals surface area (Å²) < 4.78 is 5.47. The zero-order valence-corrected chi connectivity index (χ0v) is 11.3. The summed E-state index contributed by atoms with van der Waals surface area (Å²) in [4.78, 5) is 10.9. The maximum Gasteiger partial charge on any atom is 0.146 e. The Kier molecular flexibility index (Phi) is 4.43. The molecule has 0 radical (unpaired) electrons. The minimum atomic E-state index is 0.275. The largest absolute Gasteiger partial charge is 0.388 e. The molecule has 98 valence electrons. The van der Waals surface area contributed by atoms with Crippen LogP contribution in [0.4, 0.5) is 5.82 Å². The van der Waals surface area contributed by atoms with Crippen molar-refractivity contribution in [3.05, 3.63) is 18.1 Å². The maximum absolute atomic E-state index is 5.49. The standard InChI is InChI=1S/C12H18N4OS/c1-16(7-9-3-2-4-17-8-9)11-6-14-10(5-15-11)12(13)18/h5-6,9H,2-4,7-8H2,1H3,(H2,13,18). The molecule has 2 heterocycles. The van der Waals surface area contributed by atoms with Crippen molar-refractivity contribution in [2.75, 3.05) is 31.7 Å². The highest BCUT2D eigenvalue weighted by Gasteiger charge is 2.16. The number of hydrogen-bond acceptors (Lipinski definition) is 5. The number of hydrogen-bond donors (Lipinski definition) is 1. The predicted molar refractivity (Wildman–Crippen MR) is 74.7 cm³/mol. The topological polar surface area (TPSA) is 64.3 Å². The number of anilines is 1. The zero-order valence-electron chi connectivity index (χ0n) is 10.5. The van der Waals surface area contributed by atoms with Crippen LogP contribution < -0.4 is 10.6 Å². The van der Waals surface area contributed by atoms with Gasteiger partial charge in [0.1, 0.15) is 16.5 Å². The average Bonchev–Trinajstić information content (AvgIpc) is 2.40. The van der Waals surface area contributed by atoms with Gasteiger partial charge in [0, 0.05) is 20.2 Å². The Hall–Kier alpha value is -1.27. The molecule has 5 nitrogen and oxygen atoms in total. The summed E-state index contributed by atoms with van der Waals surface area (Å²) in [5.74, 6) is 1.40. The number of rotatable bonds is 4. The summed E-state index contributed by atoms with van der Waals surface area (Å²) in [6, 6.07) is 0. The Bertz CT molecular complexity index is 403. The fourth-order valence-electron chi connectivity index (χ4n) is 2.08. The maximum atomic E-state index is 5.49. The molecule has 1 saturated heterocycles. The van der Waals surface area contributed by atoms with Gasteiger partial charge in [-0.2, -0.15) is 0 Å². The summed E-state index contributed by atoms with van der Waals surface area (Å²) in [5.41, 5.74) is 6.05. The molecule has 1 aromatic heterocycles. The van der Waals surface area contributed by atoms with E-state index in [1.807, 2.05) is 7.05 Å². The van der Waals surface area contributed by atoms with E-state index in [0.717, 1.165) is 32.0 Å². The fourth-order valence-corrected chi connectivity index (χ4v) is 2.18. The quantitative estimate of drug-likeness (QED) is 0.819. The molecule has 2 rings (SSSR count). The minimum Gasteiger partial charge on any atom is -0.388 e. The second kappa shape index (κ2) is 6.06. The van der Waals surface area contributed by atoms with Crippen LogP contribution in [-0.2, 0) is 4.74 Å². The molecule has 2 N–H and O–H groups in total. The van der Waals surface area contributed by atoms with E-state index in [2.05, 4.69) is 14.9 Å². The molecule has 1 atom stereocenters. The van der Waals surface area contributed by atoms with E-state index < -0.39 is 0 Å². The van der Waals surface area contributed by atoms with Crippen molar-refractivity contribution < 1.29 is 4.74 Å². The number of nitrogens with zero attached hydrogens (tertiary/aromatic N) is 3. The molecular weight excluding hydrogens is 248 g/mol. The second-order valence-corrected chi connectivity index (χ2v) is 5.03. The van der Waals surface area contributed by atoms with Crippen LogP contribution in [0.25, 0.3) is 0 Å². The molecule has 1 unspecified atom stereocenters. The van der Waals surface area contributed by atoms with Crippen molar-refractivity contribution in [3.63, 3.8) is 0 Å². The minimum absolute atomic E-state index is 0.275. The first-order valence-corrected chi connectivity index (χ1v) is 6.48. The molecule has 0 aliphatic carbocycles. The molecule has 0 bridgehead atoms. The lowest BCUT2D eigenvalue weighted by molar-refractivity contribution is 0.0576. The summed E-state index contributed by atoms with van der Waals surface area (Å²) in [6.45, 7) is 2.66. The van der Waals surface area contributed by atoms with Crippen LogP contribution >= 0.6 is 12.2 Å². The average molecular weight is 266 g/mol. The van der Waals surface area contributed by atoms with E-state index in [1.165, 1.54) is 6.42 Å². The van der Waals surface area contributed by atoms with Gasteiger partial charge in [-0.25, -0.2) is 9.97 Å². The molecule has 0 spiro atoms. The number of nitrogens with two attached hydrogens (primary N) is 1. The number of ether oxygens (including phenoxy) is 1. The zero-order chi connectivity index (χ0) is 13.0. The van der Waals surface area contributed by atoms with Crippen LogP contribution in [0.1, 0.15) is 18.5 Å². The van der Waals surface area contributed by atoms with Crippen molar-refractivity contribution in [1.82, 2.24) is 9.97 Å². The van der Waals surface area contributed by atoms with Crippen molar-refractivity contribution in [2.24, 2.45) is 11.7 Å². The Labute approximate surface area is 112 Å². The molecule has 0 amide bonds. The Morgan fingerprint density at radius 3 is 2.94 bits per heavy atom. The second-order valence-electron chi connectivity index (χ2n) is 4.59. The third kappa shape index (κ3) is 3.36. The Morgan fingerprint density at radius 2 is 2.39 bits per heavy atom. The number of thiocarbonyl (C=S) groups is 1. The van der Waals surface area contributed by atoms with Gasteiger partial charge in [-0.05, 0) is 18.8 Å². The highest BCUT2D eigenvalue weighted by atomic mass is 32.1. The van der Waals surface area contributed by atoms with Crippen LogP contribution in [0.15, 0.2) is 12.4 Å². The van der Waals surface area contributed by atoms with Gasteiger partial charge in [0.15, 0.2) is 0 Å². The molecule has 1 aliphatic heterocycles. The summed E-state index contributed by atoms with van der Waals surface area (Å²) >= 11 is 4.85. The molecule has 0 aromatic carbocycles. The molecule has 18 heavy (non-hydrogen) atoms. The molecular formula is C12H18N4OS. The third-order valence-corrected chi connectivity index (χ3v) is 3.28. The van der Waals surface area contributed by atoms with Crippen LogP contribution in [0, 0.1) is 5.92 Å². The van der Waals surface area contributed by atoms with Gasteiger partial charge in [-0.1, -0.05) is 12.2 Å². The molecule has 6 heteroatoms. The van der Waals surface area contributed by atoms with Gasteiger partial charge in [0.25, 0.3) is 0 Å². The number of aromatic nitrogens is 2. The fraction of sp³-hybridized carbons (Fsp3) is 0.583. The molecule has 1 aromatic rings. The van der Waals surface area contributed by atoms with E-state index in [9.17, 15) is 0 Å². The summed E-state index contributed by atoms with van der Waals surface area (Å²) in [6.07, 6.45) is 5.68. The van der Waals surface area contributed by atoms with Gasteiger partial charge >= 0.3 is 0 Å². The van der Waals surface area contributed by atoms with E-state index >= 15 is 0 Å². The first kappa shape index (κ1) is 13.2. The lowest BCUT2D eigenvalue weighted by Crippen LogP contribution is -2.31. The van der Waals surface area contributed by atoms with Gasteiger partial charge < -0.3 is 15.4 Å². The Morgan fingerprint density at radius 1 is 1.56 bits per heavy atom. The monoisotopic (exact) mass is 266 g/mol. The van der Waals surface area contributed by atoms with Crippen LogP contribution in [0.3, 0.4) is 0 Å². The van der Waals surface area contributed by atoms with Crippen molar-refractivity contribution >= 4 is 23.0 Å². The first-order chi connectivity index (χ1) is 8.66. The summed E-state index contributed by atoms with van der Waals surface area (Å²) in [5, 5.41) is 0. The van der Waals surface area contributed by atoms with Crippen LogP contribution in [0.5, 0.6) is 0 Å². The van der Waals surface area contributed by atoms with Gasteiger partial charge in [-0.15, -0.1) is 0 Å². The van der Waals surface area contributed by atoms with Crippen molar-refractivity contribution in [3.8, 4) is 0 Å². The van der Waals surface area contributed by atoms with Gasteiger partial charge in [0.05, 0.1) is 19.0 Å². The SMILES string of the molecule is CN(CC1CCCOC1)c1cnc(C(N)=S)cn1. The van der Waals surface area contributed by atoms with Crippen LogP contribution in [0.2, 0.25) is 0 Å². The summed E-state index contributed by atoms with van der Waals surface area (Å²) in [7, 11) is 2.01. The third-order valence-electron chi connectivity index (χ3n) is 3.07. The lowest BCUT2D eigenvalue weighted by atomic mass is 10.0. The van der Waals surface area contributed by atoms with Crippen LogP contribution in [-0.4, -0.2) is 41.8 Å². The van der Waals surface area contributed by atoms with Gasteiger partial charge in [-0.3, -0.25) is 0 Å². The van der Waals surface area contributed by atoms with Gasteiger partial charge in [0.2, 0.25) is 0 Å². The lowest BCUT2D eigenvalue weighted by Gasteiger charge is -2.27. The molecule has 1 fully saturated rings. The normalized spacial score (nSPS) is 19.5. The Balaban J connectivity index is 1.95. The molecule has 0 saturated carbocycles. The van der Waals surface area contributed by atoms with E-state index in [4.69, 9.17) is 22.7 Å². The highest BCUT2D eigenvalue weighted by molar-refractivity contribution is 7.80. The van der Waals surface area contributed by atoms with E-state index in [-0.39, 0.29) is 4.99 Å². The van der Waals surface area contributed by atoms with E-state index in [0.29, 0.717) is 11.6 Å². The van der Waals surface area contributed by atoms with Crippen molar-refractivity contribution in [2.45, 2.75) is 12.8 Å². The molecule has 1 aliphatic rings. The highest BCUT2D eigenvalue weighted by Crippen LogP contribution is 2.17. The first-order valence-electron chi connectivity index (χ1n) is 6.07. The predicted octanol–water partition coefficient (Wildman–Crippen LogP) is 0.974. The smallest absolute Gasteiger partial charge is 0.146 e. The van der Waals surface area contributed by atoms with E-state index in [1.54, 1.807) is 12.4 Å².